The van der Waals surface area contributed by atoms with Gasteiger partial charge in [-0.3, -0.25) is 14.5 Å². The van der Waals surface area contributed by atoms with Crippen LogP contribution < -0.4 is 5.11 Å². The van der Waals surface area contributed by atoms with Crippen molar-refractivity contribution in [2.24, 2.45) is 0 Å². The molecule has 0 aromatic rings. The van der Waals surface area contributed by atoms with Gasteiger partial charge >= 0.3 is 0 Å². The molecule has 2 amide bonds. The third-order valence-corrected chi connectivity index (χ3v) is 2.75. The van der Waals surface area contributed by atoms with Crippen molar-refractivity contribution in [2.45, 2.75) is 18.6 Å². The zero-order chi connectivity index (χ0) is 10.0. The van der Waals surface area contributed by atoms with Crippen LogP contribution in [-0.4, -0.2) is 33.8 Å². The molecule has 1 saturated heterocycles. The van der Waals surface area contributed by atoms with Gasteiger partial charge in [0.15, 0.2) is 0 Å². The number of nitrogens with zero attached hydrogens (tertiary/aromatic N) is 1. The molecule has 1 fully saturated rings. The summed E-state index contributed by atoms with van der Waals surface area (Å²) in [7, 11) is 0. The summed E-state index contributed by atoms with van der Waals surface area (Å²) < 4.78 is 0. The number of carbonyl (C=O) groups is 3. The first-order valence-corrected chi connectivity index (χ1v) is 4.66. The fourth-order valence-electron chi connectivity index (χ4n) is 1.06. The average molecular weight is 202 g/mol. The zero-order valence-electron chi connectivity index (χ0n) is 6.98. The van der Waals surface area contributed by atoms with Crippen molar-refractivity contribution in [2.75, 3.05) is 6.54 Å². The summed E-state index contributed by atoms with van der Waals surface area (Å²) in [6.07, 6.45) is -0.397. The summed E-state index contributed by atoms with van der Waals surface area (Å²) in [5.74, 6) is -1.74. The number of imide groups is 1. The summed E-state index contributed by atoms with van der Waals surface area (Å²) in [6, 6.07) is 0. The van der Waals surface area contributed by atoms with Crippen LogP contribution in [0.5, 0.6) is 0 Å². The lowest BCUT2D eigenvalue weighted by Gasteiger charge is -2.10. The predicted octanol–water partition coefficient (Wildman–Crippen LogP) is -0.790. The van der Waals surface area contributed by atoms with E-state index in [9.17, 15) is 19.5 Å². The molecule has 0 aliphatic carbocycles. The van der Waals surface area contributed by atoms with E-state index >= 15 is 0 Å². The van der Waals surface area contributed by atoms with Crippen LogP contribution in [-0.2, 0) is 9.59 Å². The Morgan fingerprint density at radius 1 is 1.62 bits per heavy atom. The molecule has 0 aromatic carbocycles. The largest absolute Gasteiger partial charge is 0.550 e. The summed E-state index contributed by atoms with van der Waals surface area (Å²) in [5, 5.41) is 9.03. The van der Waals surface area contributed by atoms with E-state index in [0.717, 1.165) is 16.7 Å². The summed E-state index contributed by atoms with van der Waals surface area (Å²) >= 11 is 0.751. The molecule has 0 radical (unpaired) electrons. The van der Waals surface area contributed by atoms with Crippen molar-refractivity contribution in [3.63, 3.8) is 0 Å². The molecule has 0 aromatic heterocycles. The van der Waals surface area contributed by atoms with E-state index in [1.165, 1.54) is 0 Å². The van der Waals surface area contributed by atoms with Crippen molar-refractivity contribution in [3.05, 3.63) is 0 Å². The van der Waals surface area contributed by atoms with Gasteiger partial charge in [-0.2, -0.15) is 0 Å². The van der Waals surface area contributed by atoms with Crippen LogP contribution in [0.15, 0.2) is 0 Å². The van der Waals surface area contributed by atoms with Gasteiger partial charge in [0.1, 0.15) is 0 Å². The first-order valence-electron chi connectivity index (χ1n) is 3.78. The smallest absolute Gasteiger partial charge is 0.289 e. The van der Waals surface area contributed by atoms with Crippen LogP contribution in [0.2, 0.25) is 0 Å². The second-order valence-electron chi connectivity index (χ2n) is 2.53. The summed E-state index contributed by atoms with van der Waals surface area (Å²) in [6.45, 7) is 1.95. The van der Waals surface area contributed by atoms with E-state index < -0.39 is 23.5 Å². The quantitative estimate of drug-likeness (QED) is 0.599. The van der Waals surface area contributed by atoms with Crippen LogP contribution in [0.3, 0.4) is 0 Å². The van der Waals surface area contributed by atoms with E-state index in [1.807, 2.05) is 0 Å². The Labute approximate surface area is 79.1 Å². The second-order valence-corrected chi connectivity index (χ2v) is 3.69. The lowest BCUT2D eigenvalue weighted by atomic mass is 10.3. The molecule has 0 spiro atoms. The molecule has 0 saturated carbocycles. The highest BCUT2D eigenvalue weighted by molar-refractivity contribution is 8.15. The predicted molar refractivity (Wildman–Crippen MR) is 43.8 cm³/mol. The van der Waals surface area contributed by atoms with Gasteiger partial charge in [0, 0.05) is 18.9 Å². The van der Waals surface area contributed by atoms with E-state index in [1.54, 1.807) is 6.92 Å². The topological polar surface area (TPSA) is 77.5 Å². The number of carboxylic acids is 1. The maximum Gasteiger partial charge on any atom is 0.289 e. The Morgan fingerprint density at radius 3 is 2.62 bits per heavy atom. The molecule has 6 heteroatoms. The number of carboxylic acid groups (broad SMARTS) is 1. The minimum atomic E-state index is -1.31. The van der Waals surface area contributed by atoms with Gasteiger partial charge in [-0.25, -0.2) is 0 Å². The van der Waals surface area contributed by atoms with E-state index in [-0.39, 0.29) is 11.8 Å². The lowest BCUT2D eigenvalue weighted by Crippen LogP contribution is -2.34. The van der Waals surface area contributed by atoms with Crippen molar-refractivity contribution < 1.29 is 19.5 Å². The molecule has 5 nitrogen and oxygen atoms in total. The standard InChI is InChI=1S/C7H9NO4S/c1-2-8-6(11)4(3-5(9)10)13-7(8)12/h4H,2-3H2,1H3,(H,9,10)/p-1/t4-/m1/s1. The Morgan fingerprint density at radius 2 is 2.23 bits per heavy atom. The third kappa shape index (κ3) is 2.00. The molecular weight excluding hydrogens is 194 g/mol. The summed E-state index contributed by atoms with van der Waals surface area (Å²) in [4.78, 5) is 33.6. The number of carbonyl (C=O) groups excluding carboxylic acids is 3. The Hall–Kier alpha value is -1.04. The van der Waals surface area contributed by atoms with Crippen LogP contribution in [0.4, 0.5) is 4.79 Å². The maximum atomic E-state index is 11.3. The Balaban J connectivity index is 2.67. The van der Waals surface area contributed by atoms with Gasteiger partial charge < -0.3 is 9.90 Å². The van der Waals surface area contributed by atoms with Gasteiger partial charge in [-0.1, -0.05) is 11.8 Å². The van der Waals surface area contributed by atoms with E-state index in [2.05, 4.69) is 0 Å². The average Bonchev–Trinajstić information content (AvgIpc) is 2.26. The summed E-state index contributed by atoms with van der Waals surface area (Å²) in [5.41, 5.74) is 0. The van der Waals surface area contributed by atoms with Gasteiger partial charge in [0.25, 0.3) is 5.24 Å². The number of rotatable bonds is 3. The molecule has 13 heavy (non-hydrogen) atoms. The fraction of sp³-hybridized carbons (Fsp3) is 0.571. The maximum absolute atomic E-state index is 11.3. The SMILES string of the molecule is CCN1C(=O)S[C@H](CC(=O)[O-])C1=O. The van der Waals surface area contributed by atoms with E-state index in [0.29, 0.717) is 0 Å². The molecule has 72 valence electrons. The minimum absolute atomic E-state index is 0.286. The van der Waals surface area contributed by atoms with Crippen molar-refractivity contribution >= 4 is 28.9 Å². The number of amides is 2. The van der Waals surface area contributed by atoms with Crippen LogP contribution in [0.1, 0.15) is 13.3 Å². The zero-order valence-corrected chi connectivity index (χ0v) is 7.80. The Bertz CT molecular complexity index is 265. The second kappa shape index (κ2) is 3.78. The van der Waals surface area contributed by atoms with Crippen LogP contribution in [0, 0.1) is 0 Å². The molecule has 0 bridgehead atoms. The molecule has 1 rings (SSSR count). The highest BCUT2D eigenvalue weighted by Gasteiger charge is 2.38. The molecule has 1 aliphatic rings. The highest BCUT2D eigenvalue weighted by atomic mass is 32.2. The molecule has 0 N–H and O–H groups in total. The fourth-order valence-corrected chi connectivity index (χ4v) is 2.10. The monoisotopic (exact) mass is 202 g/mol. The molecule has 1 aliphatic heterocycles. The first kappa shape index (κ1) is 10.0. The normalized spacial score (nSPS) is 22.5. The lowest BCUT2D eigenvalue weighted by molar-refractivity contribution is -0.305. The Kier molecular flexibility index (Phi) is 2.92. The van der Waals surface area contributed by atoms with Gasteiger partial charge in [-0.05, 0) is 6.92 Å². The number of aliphatic carboxylic acids is 1. The van der Waals surface area contributed by atoms with Crippen molar-refractivity contribution in [1.29, 1.82) is 0 Å². The van der Waals surface area contributed by atoms with Gasteiger partial charge in [0.2, 0.25) is 5.91 Å². The number of hydrogen-bond acceptors (Lipinski definition) is 5. The number of thioether (sulfide) groups is 1. The van der Waals surface area contributed by atoms with Gasteiger partial charge in [-0.15, -0.1) is 0 Å². The third-order valence-electron chi connectivity index (χ3n) is 1.67. The van der Waals surface area contributed by atoms with Gasteiger partial charge in [0.05, 0.1) is 5.25 Å². The molecule has 1 heterocycles. The highest BCUT2D eigenvalue weighted by Crippen LogP contribution is 2.28. The van der Waals surface area contributed by atoms with Crippen LogP contribution in [0.25, 0.3) is 0 Å². The molecule has 0 unspecified atom stereocenters. The van der Waals surface area contributed by atoms with Crippen LogP contribution >= 0.6 is 11.8 Å². The minimum Gasteiger partial charge on any atom is -0.550 e. The van der Waals surface area contributed by atoms with Crippen molar-refractivity contribution in [1.82, 2.24) is 4.90 Å². The van der Waals surface area contributed by atoms with E-state index in [4.69, 9.17) is 0 Å². The number of hydrogen-bond donors (Lipinski definition) is 0. The molecular formula is C7H8NO4S-. The molecule has 1 atom stereocenters. The van der Waals surface area contributed by atoms with Crippen molar-refractivity contribution in [3.8, 4) is 0 Å². The first-order chi connectivity index (χ1) is 6.06.